The Morgan fingerprint density at radius 3 is 0.0139 bits per heavy atom. The SMILES string of the molecule is C.C.C.C.C.C.C.C.C.C.C.C.C.C.C.C.C.C.C.C.C.C.C.C.C.C.C.C.C.C.C.C.C.C.C.C.C.C.C.C.C.C.C.C.C.C.C.C.C.C.C.C.C.C.C.C.C.C.C.C.C.C.C.C.C.C.C.C.C.C.C.C. The minimum absolute atomic E-state index is 0. The molecular formula is C72H288. The molecule has 0 aliphatic heterocycles. The lowest BCUT2D eigenvalue weighted by Crippen LogP contribution is 0.143. The molecule has 0 saturated carbocycles. The fourth-order valence-corrected chi connectivity index (χ4v) is 0. The summed E-state index contributed by atoms with van der Waals surface area (Å²) in [6.07, 6.45) is 0. The monoisotopic (exact) mass is 1150 g/mol. The number of rotatable bonds is 0. The van der Waals surface area contributed by atoms with Gasteiger partial charge in [0.2, 0.25) is 0 Å². The van der Waals surface area contributed by atoms with Crippen LogP contribution in [0.25, 0.3) is 0 Å². The van der Waals surface area contributed by atoms with Crippen molar-refractivity contribution in [2.24, 2.45) is 0 Å². The van der Waals surface area contributed by atoms with Crippen LogP contribution in [0.4, 0.5) is 0 Å². The Bertz CT molecular complexity index is 0. The predicted octanol–water partition coefficient (Wildman–Crippen LogP) is 45.8. The first kappa shape index (κ1) is 0. The van der Waals surface area contributed by atoms with Crippen molar-refractivity contribution in [1.29, 1.82) is 0 Å². The van der Waals surface area contributed by atoms with Gasteiger partial charge in [-0.25, -0.2) is 0 Å². The molecule has 0 radical (unpaired) electrons. The maximum atomic E-state index is 0. The standard InChI is InChI=1S/72CH4/h72*1H4. The summed E-state index contributed by atoms with van der Waals surface area (Å²) in [5.74, 6) is 0. The van der Waals surface area contributed by atoms with E-state index in [9.17, 15) is 0 Å². The molecule has 0 aromatic heterocycles. The van der Waals surface area contributed by atoms with E-state index in [4.69, 9.17) is 0 Å². The van der Waals surface area contributed by atoms with E-state index in [-0.39, 0.29) is 535 Å². The lowest BCUT2D eigenvalue weighted by molar-refractivity contribution is 2.50. The minimum Gasteiger partial charge on any atom is -0.0776 e. The lowest BCUT2D eigenvalue weighted by atomic mass is 12.0. The molecule has 0 atom stereocenters. The van der Waals surface area contributed by atoms with Gasteiger partial charge in [0, 0.05) is 0 Å². The van der Waals surface area contributed by atoms with Crippen LogP contribution in [-0.4, -0.2) is 0 Å². The topological polar surface area (TPSA) is 0 Å². The smallest absolute Gasteiger partial charge is 0.0776 e. The summed E-state index contributed by atoms with van der Waals surface area (Å²) in [7, 11) is 0. The van der Waals surface area contributed by atoms with Gasteiger partial charge in [-0.15, -0.1) is 0 Å². The number of hydrogen-bond acceptors (Lipinski definition) is 0. The second-order valence-corrected chi connectivity index (χ2v) is 0. The van der Waals surface area contributed by atoms with Gasteiger partial charge in [-0.1, -0.05) is 535 Å². The summed E-state index contributed by atoms with van der Waals surface area (Å²) >= 11 is 0. The van der Waals surface area contributed by atoms with E-state index in [1.807, 2.05) is 0 Å². The second-order valence-electron chi connectivity index (χ2n) is 0. The Morgan fingerprint density at radius 1 is 0.0139 bits per heavy atom. The van der Waals surface area contributed by atoms with Gasteiger partial charge in [-0.3, -0.25) is 0 Å². The summed E-state index contributed by atoms with van der Waals surface area (Å²) < 4.78 is 0. The quantitative estimate of drug-likeness (QED) is 0.227. The van der Waals surface area contributed by atoms with E-state index < -0.39 is 0 Å². The maximum Gasteiger partial charge on any atom is -0.0776 e. The zero-order valence-electron chi connectivity index (χ0n) is 0. The van der Waals surface area contributed by atoms with E-state index in [0.717, 1.165) is 0 Å². The molecule has 0 heteroatoms. The first-order valence-corrected chi connectivity index (χ1v) is 0. The third-order valence-corrected chi connectivity index (χ3v) is 0. The Balaban J connectivity index is 0. The summed E-state index contributed by atoms with van der Waals surface area (Å²) in [5.41, 5.74) is 0. The molecule has 0 aromatic rings. The van der Waals surface area contributed by atoms with Crippen LogP contribution in [0.1, 0.15) is 535 Å². The second kappa shape index (κ2) is 0. The molecule has 0 nitrogen and oxygen atoms in total. The highest BCUT2D eigenvalue weighted by Gasteiger charge is -0.00656. The van der Waals surface area contributed by atoms with Gasteiger partial charge in [-0.2, -0.15) is 0 Å². The highest BCUT2D eigenvalue weighted by atomic mass is 12.1. The van der Waals surface area contributed by atoms with Crippen molar-refractivity contribution < 1.29 is 0 Å². The van der Waals surface area contributed by atoms with Gasteiger partial charge in [0.15, 0.2) is 0 Å². The van der Waals surface area contributed by atoms with Gasteiger partial charge < -0.3 is 0 Å². The molecule has 0 heterocycles. The molecule has 0 bridgehead atoms. The van der Waals surface area contributed by atoms with Crippen LogP contribution in [0.15, 0.2) is 0 Å². The van der Waals surface area contributed by atoms with Gasteiger partial charge >= 0.3 is 0 Å². The van der Waals surface area contributed by atoms with E-state index in [2.05, 4.69) is 0 Å². The van der Waals surface area contributed by atoms with Crippen LogP contribution in [0.3, 0.4) is 0 Å². The van der Waals surface area contributed by atoms with Gasteiger partial charge in [-0.05, 0) is 0 Å². The maximum absolute atomic E-state index is 0. The molecule has 0 saturated heterocycles. The summed E-state index contributed by atoms with van der Waals surface area (Å²) in [4.78, 5) is 0. The first-order valence-electron chi connectivity index (χ1n) is 0. The minimum atomic E-state index is 0. The Hall–Kier alpha value is 0. The van der Waals surface area contributed by atoms with E-state index in [1.165, 1.54) is 0 Å². The molecule has 0 rings (SSSR count). The molecule has 0 aromatic carbocycles. The predicted molar refractivity (Wildman–Crippen MR) is 485 cm³/mol. The van der Waals surface area contributed by atoms with Crippen LogP contribution in [0.2, 0.25) is 0 Å². The van der Waals surface area contributed by atoms with Crippen LogP contribution in [0.5, 0.6) is 0 Å². The normalized spacial score (nSPS) is 0. The average Bonchev–Trinajstić information content (AvgIpc) is 0. The molecule has 0 unspecified atom stereocenters. The van der Waals surface area contributed by atoms with Gasteiger partial charge in [0.25, 0.3) is 0 Å². The van der Waals surface area contributed by atoms with E-state index in [0.29, 0.717) is 0 Å². The van der Waals surface area contributed by atoms with Crippen LogP contribution >= 0.6 is 0 Å². The average molecular weight is 1160 g/mol. The van der Waals surface area contributed by atoms with Crippen LogP contribution < -0.4 is 0 Å². The van der Waals surface area contributed by atoms with Crippen molar-refractivity contribution in [3.05, 3.63) is 0 Å². The summed E-state index contributed by atoms with van der Waals surface area (Å²) in [6.45, 7) is 0. The van der Waals surface area contributed by atoms with Gasteiger partial charge in [0.1, 0.15) is 0 Å². The molecule has 0 spiro atoms. The van der Waals surface area contributed by atoms with Crippen molar-refractivity contribution in [2.45, 2.75) is 535 Å². The van der Waals surface area contributed by atoms with Crippen molar-refractivity contribution in [3.63, 3.8) is 0 Å². The highest BCUT2D eigenvalue weighted by molar-refractivity contribution is 2.57. The molecule has 0 aliphatic rings. The summed E-state index contributed by atoms with van der Waals surface area (Å²) in [5, 5.41) is 0. The molecular weight excluding hydrogens is 865 g/mol. The Labute approximate surface area is 532 Å². The molecule has 576 valence electrons. The molecule has 72 heavy (non-hydrogen) atoms. The summed E-state index contributed by atoms with van der Waals surface area (Å²) in [6, 6.07) is 0. The Kier molecular flexibility index (Phi) is 0. The van der Waals surface area contributed by atoms with Gasteiger partial charge in [0.05, 0.1) is 0 Å². The zero-order chi connectivity index (χ0) is 0. The van der Waals surface area contributed by atoms with Crippen LogP contribution in [-0.2, 0) is 0 Å². The first-order chi connectivity index (χ1) is 0. The highest BCUT2D eigenvalue weighted by Crippen LogP contribution is 0.215. The largest absolute Gasteiger partial charge is 0.0776 e. The third kappa shape index (κ3) is 0. The zero-order valence-corrected chi connectivity index (χ0v) is 0. The molecule has 0 fully saturated rings. The molecule has 0 aliphatic carbocycles. The Morgan fingerprint density at radius 2 is 0.0139 bits per heavy atom. The van der Waals surface area contributed by atoms with Crippen LogP contribution in [0, 0.1) is 0 Å². The third-order valence-electron chi connectivity index (χ3n) is 0. The van der Waals surface area contributed by atoms with Crippen molar-refractivity contribution in [3.8, 4) is 0 Å². The van der Waals surface area contributed by atoms with E-state index >= 15 is 0 Å². The van der Waals surface area contributed by atoms with E-state index in [1.54, 1.807) is 0 Å². The van der Waals surface area contributed by atoms with Crippen molar-refractivity contribution in [2.75, 3.05) is 0 Å². The lowest BCUT2D eigenvalue weighted by Gasteiger charge is -0.0786. The molecule has 0 amide bonds. The van der Waals surface area contributed by atoms with Crippen molar-refractivity contribution >= 4 is 0 Å². The molecule has 0 N–H and O–H groups in total. The van der Waals surface area contributed by atoms with Crippen molar-refractivity contribution in [1.82, 2.24) is 0 Å². The fourth-order valence-electron chi connectivity index (χ4n) is 0. The fraction of sp³-hybridized carbons (Fsp3) is 1.00. The number of hydrogen-bond donors (Lipinski definition) is 0.